The quantitative estimate of drug-likeness (QED) is 0.721. The molecule has 0 N–H and O–H groups in total. The van der Waals surface area contributed by atoms with Gasteiger partial charge in [0.25, 0.3) is 0 Å². The van der Waals surface area contributed by atoms with Gasteiger partial charge in [0.2, 0.25) is 6.41 Å². The van der Waals surface area contributed by atoms with E-state index in [4.69, 9.17) is 0 Å². The summed E-state index contributed by atoms with van der Waals surface area (Å²) in [6.07, 6.45) is 5.49. The summed E-state index contributed by atoms with van der Waals surface area (Å²) in [5, 5.41) is 0. The molecule has 19 heavy (non-hydrogen) atoms. The van der Waals surface area contributed by atoms with E-state index >= 15 is 0 Å². The van der Waals surface area contributed by atoms with Gasteiger partial charge in [-0.2, -0.15) is 0 Å². The van der Waals surface area contributed by atoms with Crippen molar-refractivity contribution in [3.8, 4) is 0 Å². The lowest BCUT2D eigenvalue weighted by atomic mass is 10.1. The van der Waals surface area contributed by atoms with Crippen molar-refractivity contribution < 1.29 is 4.79 Å². The standard InChI is InChI=1S/C17H17NO/c19-15-18(13-11-16-7-3-1-4-8-16)14-12-17-9-5-2-6-10-17/h1-11,13,15H,12,14H2/b13-11+. The molecular weight excluding hydrogens is 234 g/mol. The van der Waals surface area contributed by atoms with Crippen molar-refractivity contribution in [1.82, 2.24) is 4.90 Å². The lowest BCUT2D eigenvalue weighted by Crippen LogP contribution is -2.17. The molecule has 0 heterocycles. The zero-order chi connectivity index (χ0) is 13.3. The van der Waals surface area contributed by atoms with Gasteiger partial charge in [-0.15, -0.1) is 0 Å². The van der Waals surface area contributed by atoms with Crippen LogP contribution in [-0.2, 0) is 11.2 Å². The molecule has 0 unspecified atom stereocenters. The Labute approximate surface area is 114 Å². The smallest absolute Gasteiger partial charge is 0.213 e. The number of nitrogens with zero attached hydrogens (tertiary/aromatic N) is 1. The van der Waals surface area contributed by atoms with E-state index in [1.165, 1.54) is 5.56 Å². The molecule has 0 aliphatic carbocycles. The Kier molecular flexibility index (Phi) is 4.94. The van der Waals surface area contributed by atoms with Gasteiger partial charge in [0.1, 0.15) is 0 Å². The van der Waals surface area contributed by atoms with Crippen LogP contribution in [0.15, 0.2) is 66.9 Å². The van der Waals surface area contributed by atoms with E-state index in [9.17, 15) is 4.79 Å². The van der Waals surface area contributed by atoms with E-state index in [2.05, 4.69) is 12.1 Å². The summed E-state index contributed by atoms with van der Waals surface area (Å²) in [6.45, 7) is 0.691. The first-order valence-corrected chi connectivity index (χ1v) is 6.37. The fourth-order valence-electron chi connectivity index (χ4n) is 1.81. The molecule has 2 aromatic carbocycles. The fraction of sp³-hybridized carbons (Fsp3) is 0.118. The minimum absolute atomic E-state index is 0.691. The van der Waals surface area contributed by atoms with Crippen LogP contribution in [0.5, 0.6) is 0 Å². The third-order valence-corrected chi connectivity index (χ3v) is 2.89. The topological polar surface area (TPSA) is 20.3 Å². The van der Waals surface area contributed by atoms with Gasteiger partial charge in [-0.3, -0.25) is 4.79 Å². The van der Waals surface area contributed by atoms with Crippen molar-refractivity contribution in [2.45, 2.75) is 6.42 Å². The second-order valence-corrected chi connectivity index (χ2v) is 4.31. The molecule has 1 amide bonds. The van der Waals surface area contributed by atoms with Crippen LogP contribution < -0.4 is 0 Å². The Hall–Kier alpha value is -2.35. The van der Waals surface area contributed by atoms with Gasteiger partial charge in [-0.05, 0) is 23.6 Å². The summed E-state index contributed by atoms with van der Waals surface area (Å²) in [7, 11) is 0. The number of carbonyl (C=O) groups excluding carboxylic acids is 1. The second-order valence-electron chi connectivity index (χ2n) is 4.31. The van der Waals surface area contributed by atoms with Crippen molar-refractivity contribution in [2.24, 2.45) is 0 Å². The minimum Gasteiger partial charge on any atom is -0.321 e. The third-order valence-electron chi connectivity index (χ3n) is 2.89. The number of rotatable bonds is 6. The lowest BCUT2D eigenvalue weighted by Gasteiger charge is -2.11. The zero-order valence-corrected chi connectivity index (χ0v) is 10.8. The molecule has 0 saturated carbocycles. The molecule has 2 nitrogen and oxygen atoms in total. The molecule has 0 radical (unpaired) electrons. The van der Waals surface area contributed by atoms with Crippen LogP contribution in [0, 0.1) is 0 Å². The molecule has 2 heteroatoms. The first kappa shape index (κ1) is 13.1. The highest BCUT2D eigenvalue weighted by Gasteiger charge is 1.98. The molecule has 0 bridgehead atoms. The maximum atomic E-state index is 11.0. The van der Waals surface area contributed by atoms with Gasteiger partial charge in [0.05, 0.1) is 0 Å². The van der Waals surface area contributed by atoms with Crippen molar-refractivity contribution in [3.63, 3.8) is 0 Å². The summed E-state index contributed by atoms with van der Waals surface area (Å²) in [4.78, 5) is 12.7. The molecule has 0 aliphatic rings. The molecule has 0 atom stereocenters. The van der Waals surface area contributed by atoms with Crippen molar-refractivity contribution in [1.29, 1.82) is 0 Å². The Morgan fingerprint density at radius 2 is 1.53 bits per heavy atom. The van der Waals surface area contributed by atoms with E-state index < -0.39 is 0 Å². The second kappa shape index (κ2) is 7.17. The summed E-state index contributed by atoms with van der Waals surface area (Å²) < 4.78 is 0. The monoisotopic (exact) mass is 251 g/mol. The molecule has 0 aromatic heterocycles. The minimum atomic E-state index is 0.691. The third kappa shape index (κ3) is 4.43. The summed E-state index contributed by atoms with van der Waals surface area (Å²) >= 11 is 0. The first-order valence-electron chi connectivity index (χ1n) is 6.37. The van der Waals surface area contributed by atoms with Gasteiger partial charge in [-0.1, -0.05) is 60.7 Å². The molecule has 2 aromatic rings. The van der Waals surface area contributed by atoms with Gasteiger partial charge in [0, 0.05) is 12.7 Å². The Balaban J connectivity index is 1.90. The van der Waals surface area contributed by atoms with E-state index in [0.717, 1.165) is 18.4 Å². The van der Waals surface area contributed by atoms with Gasteiger partial charge < -0.3 is 4.90 Å². The lowest BCUT2D eigenvalue weighted by molar-refractivity contribution is -0.115. The van der Waals surface area contributed by atoms with Crippen molar-refractivity contribution >= 4 is 12.5 Å². The average Bonchev–Trinajstić information content (AvgIpc) is 2.49. The number of hydrogen-bond donors (Lipinski definition) is 0. The molecule has 96 valence electrons. The number of carbonyl (C=O) groups is 1. The molecule has 0 spiro atoms. The zero-order valence-electron chi connectivity index (χ0n) is 10.8. The van der Waals surface area contributed by atoms with Crippen molar-refractivity contribution in [3.05, 3.63) is 78.0 Å². The summed E-state index contributed by atoms with van der Waals surface area (Å²) in [5.41, 5.74) is 2.33. The van der Waals surface area contributed by atoms with Crippen LogP contribution in [0.3, 0.4) is 0 Å². The highest BCUT2D eigenvalue weighted by atomic mass is 16.1. The van der Waals surface area contributed by atoms with E-state index in [1.807, 2.05) is 60.8 Å². The van der Waals surface area contributed by atoms with Crippen molar-refractivity contribution in [2.75, 3.05) is 6.54 Å². The number of benzene rings is 2. The first-order chi connectivity index (χ1) is 9.38. The van der Waals surface area contributed by atoms with Crippen LogP contribution in [0.2, 0.25) is 0 Å². The van der Waals surface area contributed by atoms with E-state index in [-0.39, 0.29) is 0 Å². The summed E-state index contributed by atoms with van der Waals surface area (Å²) in [5.74, 6) is 0. The van der Waals surface area contributed by atoms with Gasteiger partial charge in [-0.25, -0.2) is 0 Å². The predicted octanol–water partition coefficient (Wildman–Crippen LogP) is 3.36. The number of amides is 1. The fourth-order valence-corrected chi connectivity index (χ4v) is 1.81. The van der Waals surface area contributed by atoms with Crippen LogP contribution in [0.25, 0.3) is 6.08 Å². The molecular formula is C17H17NO. The van der Waals surface area contributed by atoms with Crippen LogP contribution in [-0.4, -0.2) is 17.9 Å². The van der Waals surface area contributed by atoms with Gasteiger partial charge in [0.15, 0.2) is 0 Å². The highest BCUT2D eigenvalue weighted by Crippen LogP contribution is 2.04. The van der Waals surface area contributed by atoms with Crippen LogP contribution in [0.1, 0.15) is 11.1 Å². The van der Waals surface area contributed by atoms with Crippen LogP contribution >= 0.6 is 0 Å². The highest BCUT2D eigenvalue weighted by molar-refractivity contribution is 5.55. The summed E-state index contributed by atoms with van der Waals surface area (Å²) in [6, 6.07) is 20.1. The molecule has 0 saturated heterocycles. The molecule has 0 fully saturated rings. The maximum absolute atomic E-state index is 11.0. The average molecular weight is 251 g/mol. The molecule has 0 aliphatic heterocycles. The predicted molar refractivity (Wildman–Crippen MR) is 78.4 cm³/mol. The normalized spacial score (nSPS) is 10.5. The van der Waals surface area contributed by atoms with Crippen LogP contribution in [0.4, 0.5) is 0 Å². The maximum Gasteiger partial charge on any atom is 0.213 e. The Morgan fingerprint density at radius 1 is 0.895 bits per heavy atom. The van der Waals surface area contributed by atoms with Gasteiger partial charge >= 0.3 is 0 Å². The number of hydrogen-bond acceptors (Lipinski definition) is 1. The SMILES string of the molecule is O=CN(/C=C/c1ccccc1)CCc1ccccc1. The Morgan fingerprint density at radius 3 is 2.16 bits per heavy atom. The molecule has 2 rings (SSSR count). The largest absolute Gasteiger partial charge is 0.321 e. The van der Waals surface area contributed by atoms with E-state index in [0.29, 0.717) is 6.54 Å². The van der Waals surface area contributed by atoms with E-state index in [1.54, 1.807) is 4.90 Å². The Bertz CT molecular complexity index is 519.